The summed E-state index contributed by atoms with van der Waals surface area (Å²) >= 11 is 0. The first-order valence-corrected chi connectivity index (χ1v) is 16.5. The van der Waals surface area contributed by atoms with E-state index >= 15 is 0 Å². The zero-order valence-electron chi connectivity index (χ0n) is 28.1. The van der Waals surface area contributed by atoms with Crippen LogP contribution in [0.2, 0.25) is 0 Å². The fourth-order valence-electron chi connectivity index (χ4n) is 3.43. The van der Waals surface area contributed by atoms with E-state index in [-0.39, 0.29) is 5.69 Å². The quantitative estimate of drug-likeness (QED) is 0.0572. The second kappa shape index (κ2) is 35.3. The molecule has 0 saturated heterocycles. The Morgan fingerprint density at radius 3 is 0.936 bits per heavy atom. The first-order valence-electron chi connectivity index (χ1n) is 16.5. The average Bonchev–Trinajstić information content (AvgIpc) is 3.08. The summed E-state index contributed by atoms with van der Waals surface area (Å²) < 4.78 is 65.4. The van der Waals surface area contributed by atoms with E-state index in [4.69, 9.17) is 56.8 Å². The van der Waals surface area contributed by atoms with Crippen molar-refractivity contribution in [2.24, 2.45) is 0 Å². The van der Waals surface area contributed by atoms with Crippen molar-refractivity contribution in [1.29, 1.82) is 0 Å². The number of nitrogens with zero attached hydrogens (tertiary/aromatic N) is 1. The molecular weight excluding hydrogens is 622 g/mol. The Labute approximate surface area is 279 Å². The summed E-state index contributed by atoms with van der Waals surface area (Å²) in [5.74, 6) is 0.557. The van der Waals surface area contributed by atoms with Crippen LogP contribution in [0.15, 0.2) is 24.3 Å². The molecule has 15 heteroatoms. The first kappa shape index (κ1) is 43.0. The molecule has 0 heterocycles. The van der Waals surface area contributed by atoms with Crippen molar-refractivity contribution < 1.29 is 61.8 Å². The lowest BCUT2D eigenvalue weighted by Gasteiger charge is -2.09. The molecule has 0 atom stereocenters. The second-order valence-electron chi connectivity index (χ2n) is 9.69. The third-order valence-corrected chi connectivity index (χ3v) is 5.91. The summed E-state index contributed by atoms with van der Waals surface area (Å²) in [5.41, 5.74) is 0.0261. The van der Waals surface area contributed by atoms with Crippen molar-refractivity contribution in [3.8, 4) is 5.75 Å². The van der Waals surface area contributed by atoms with Crippen LogP contribution in [0.25, 0.3) is 0 Å². The van der Waals surface area contributed by atoms with Gasteiger partial charge in [-0.1, -0.05) is 13.3 Å². The smallest absolute Gasteiger partial charge is 0.269 e. The van der Waals surface area contributed by atoms with Gasteiger partial charge in [-0.2, -0.15) is 0 Å². The minimum Gasteiger partial charge on any atom is -0.491 e. The van der Waals surface area contributed by atoms with Crippen LogP contribution in [-0.4, -0.2) is 157 Å². The molecule has 15 nitrogen and oxygen atoms in total. The van der Waals surface area contributed by atoms with E-state index in [0.29, 0.717) is 151 Å². The van der Waals surface area contributed by atoms with Crippen molar-refractivity contribution in [3.05, 3.63) is 34.4 Å². The van der Waals surface area contributed by atoms with Crippen LogP contribution >= 0.6 is 0 Å². The van der Waals surface area contributed by atoms with E-state index in [9.17, 15) is 10.1 Å². The van der Waals surface area contributed by atoms with Crippen molar-refractivity contribution in [2.45, 2.75) is 19.8 Å². The maximum atomic E-state index is 10.6. The maximum Gasteiger partial charge on any atom is 0.269 e. The highest BCUT2D eigenvalue weighted by Gasteiger charge is 2.04. The van der Waals surface area contributed by atoms with Crippen LogP contribution in [0, 0.1) is 10.1 Å². The number of hydrogen-bond donors (Lipinski definition) is 0. The van der Waals surface area contributed by atoms with E-state index in [2.05, 4.69) is 6.92 Å². The predicted octanol–water partition coefficient (Wildman–Crippen LogP) is 2.96. The predicted molar refractivity (Wildman–Crippen MR) is 173 cm³/mol. The molecule has 274 valence electrons. The van der Waals surface area contributed by atoms with Gasteiger partial charge in [0, 0.05) is 18.7 Å². The molecule has 1 aromatic carbocycles. The van der Waals surface area contributed by atoms with Gasteiger partial charge in [-0.25, -0.2) is 0 Å². The van der Waals surface area contributed by atoms with Crippen LogP contribution in [0.5, 0.6) is 5.75 Å². The van der Waals surface area contributed by atoms with Crippen molar-refractivity contribution >= 4 is 5.69 Å². The maximum absolute atomic E-state index is 10.6. The SMILES string of the molecule is CCCCOCCOCCOCCOCCOCCOCCOCCOCCOCCOCCOCCOc1ccc([N+](=O)[O-])cc1. The van der Waals surface area contributed by atoms with E-state index < -0.39 is 4.92 Å². The number of benzene rings is 1. The molecule has 0 aliphatic heterocycles. The summed E-state index contributed by atoms with van der Waals surface area (Å²) in [6.07, 6.45) is 2.23. The molecule has 0 aliphatic carbocycles. The molecule has 0 saturated carbocycles. The first-order chi connectivity index (χ1) is 23.2. The Morgan fingerprint density at radius 1 is 0.426 bits per heavy atom. The second-order valence-corrected chi connectivity index (χ2v) is 9.69. The summed E-state index contributed by atoms with van der Waals surface area (Å²) in [4.78, 5) is 10.2. The number of unbranched alkanes of at least 4 members (excludes halogenated alkanes) is 1. The zero-order chi connectivity index (χ0) is 33.7. The molecule has 1 rings (SSSR count). The molecule has 1 aromatic rings. The van der Waals surface area contributed by atoms with E-state index in [1.54, 1.807) is 12.1 Å². The van der Waals surface area contributed by atoms with Crippen LogP contribution < -0.4 is 4.74 Å². The highest BCUT2D eigenvalue weighted by atomic mass is 16.6. The number of nitro benzene ring substituents is 1. The Hall–Kier alpha value is -2.02. The van der Waals surface area contributed by atoms with Gasteiger partial charge < -0.3 is 56.8 Å². The molecule has 0 spiro atoms. The Bertz CT molecular complexity index is 790. The van der Waals surface area contributed by atoms with Crippen LogP contribution in [-0.2, 0) is 52.1 Å². The van der Waals surface area contributed by atoms with E-state index in [0.717, 1.165) is 19.4 Å². The topological polar surface area (TPSA) is 154 Å². The normalized spacial score (nSPS) is 11.3. The molecule has 0 radical (unpaired) electrons. The Kier molecular flexibility index (Phi) is 32.3. The Balaban J connectivity index is 1.64. The summed E-state index contributed by atoms with van der Waals surface area (Å²) in [6, 6.07) is 5.91. The molecule has 0 N–H and O–H groups in total. The van der Waals surface area contributed by atoms with E-state index in [1.807, 2.05) is 0 Å². The number of ether oxygens (including phenoxy) is 12. The molecule has 0 amide bonds. The zero-order valence-corrected chi connectivity index (χ0v) is 28.1. The minimum absolute atomic E-state index is 0.0261. The monoisotopic (exact) mass is 679 g/mol. The van der Waals surface area contributed by atoms with Gasteiger partial charge in [-0.05, 0) is 18.6 Å². The third kappa shape index (κ3) is 31.0. The molecule has 0 fully saturated rings. The molecular formula is C32H57NO14. The number of rotatable bonds is 38. The van der Waals surface area contributed by atoms with Crippen LogP contribution in [0.1, 0.15) is 19.8 Å². The summed E-state index contributed by atoms with van der Waals surface area (Å²) in [5, 5.41) is 10.6. The highest BCUT2D eigenvalue weighted by Crippen LogP contribution is 2.17. The molecule has 0 bridgehead atoms. The van der Waals surface area contributed by atoms with Crippen LogP contribution in [0.3, 0.4) is 0 Å². The van der Waals surface area contributed by atoms with E-state index in [1.165, 1.54) is 12.1 Å². The van der Waals surface area contributed by atoms with Gasteiger partial charge in [0.15, 0.2) is 0 Å². The molecule has 0 unspecified atom stereocenters. The fourth-order valence-corrected chi connectivity index (χ4v) is 3.43. The Morgan fingerprint density at radius 2 is 0.681 bits per heavy atom. The summed E-state index contributed by atoms with van der Waals surface area (Å²) in [7, 11) is 0. The van der Waals surface area contributed by atoms with Gasteiger partial charge in [0.25, 0.3) is 5.69 Å². The van der Waals surface area contributed by atoms with Crippen LogP contribution in [0.4, 0.5) is 5.69 Å². The number of hydrogen-bond acceptors (Lipinski definition) is 14. The lowest BCUT2D eigenvalue weighted by molar-refractivity contribution is -0.384. The standard InChI is InChI=1S/C32H57NO14/c1-2-3-8-36-9-10-37-11-12-38-13-14-39-15-16-40-17-18-41-19-20-42-21-22-43-23-24-44-25-26-45-27-28-46-29-30-47-32-6-4-31(5-7-32)33(34)35/h4-7H,2-3,8-30H2,1H3. The third-order valence-electron chi connectivity index (χ3n) is 5.91. The average molecular weight is 680 g/mol. The van der Waals surface area contributed by atoms with Crippen molar-refractivity contribution in [1.82, 2.24) is 0 Å². The van der Waals surface area contributed by atoms with Crippen molar-refractivity contribution in [2.75, 3.05) is 152 Å². The van der Waals surface area contributed by atoms with Gasteiger partial charge in [0.2, 0.25) is 0 Å². The van der Waals surface area contributed by atoms with Gasteiger partial charge in [0.05, 0.1) is 144 Å². The van der Waals surface area contributed by atoms with Gasteiger partial charge in [0.1, 0.15) is 12.4 Å². The fraction of sp³-hybridized carbons (Fsp3) is 0.812. The number of non-ortho nitro benzene ring substituents is 1. The number of nitro groups is 1. The largest absolute Gasteiger partial charge is 0.491 e. The van der Waals surface area contributed by atoms with Crippen molar-refractivity contribution in [3.63, 3.8) is 0 Å². The molecule has 0 aliphatic rings. The highest BCUT2D eigenvalue weighted by molar-refractivity contribution is 5.35. The minimum atomic E-state index is -0.451. The summed E-state index contributed by atoms with van der Waals surface area (Å²) in [6.45, 7) is 13.8. The lowest BCUT2D eigenvalue weighted by atomic mass is 10.3. The van der Waals surface area contributed by atoms with Gasteiger partial charge >= 0.3 is 0 Å². The lowest BCUT2D eigenvalue weighted by Crippen LogP contribution is -2.15. The van der Waals surface area contributed by atoms with Gasteiger partial charge in [-0.15, -0.1) is 0 Å². The van der Waals surface area contributed by atoms with Gasteiger partial charge in [-0.3, -0.25) is 10.1 Å². The molecule has 0 aromatic heterocycles. The molecule has 47 heavy (non-hydrogen) atoms.